The molecular weight excluding hydrogens is 256 g/mol. The minimum Gasteiger partial charge on any atom is -0.357 e. The van der Waals surface area contributed by atoms with Gasteiger partial charge in [-0.05, 0) is 30.5 Å². The number of anilines is 1. The van der Waals surface area contributed by atoms with Gasteiger partial charge >= 0.3 is 0 Å². The Kier molecular flexibility index (Phi) is 6.12. The Labute approximate surface area is 123 Å². The number of rotatable bonds is 6. The molecule has 3 heteroatoms. The van der Waals surface area contributed by atoms with E-state index in [0.717, 1.165) is 43.0 Å². The van der Waals surface area contributed by atoms with E-state index >= 15 is 0 Å². The zero-order chi connectivity index (χ0) is 14.5. The highest BCUT2D eigenvalue weighted by Gasteiger charge is 2.18. The molecule has 0 bridgehead atoms. The molecule has 0 atom stereocenters. The second kappa shape index (κ2) is 7.14. The van der Waals surface area contributed by atoms with Gasteiger partial charge in [0.15, 0.2) is 0 Å². The van der Waals surface area contributed by atoms with Crippen LogP contribution < -0.4 is 4.90 Å². The molecule has 0 radical (unpaired) electrons. The smallest absolute Gasteiger partial charge is 0.129 e. The van der Waals surface area contributed by atoms with Gasteiger partial charge in [0.2, 0.25) is 0 Å². The summed E-state index contributed by atoms with van der Waals surface area (Å²) in [5.74, 6) is 1.62. The van der Waals surface area contributed by atoms with Crippen molar-refractivity contribution >= 4 is 17.4 Å². The molecule has 0 aliphatic carbocycles. The van der Waals surface area contributed by atoms with Crippen LogP contribution in [0.15, 0.2) is 12.1 Å². The van der Waals surface area contributed by atoms with E-state index in [1.165, 1.54) is 0 Å². The molecule has 0 saturated heterocycles. The van der Waals surface area contributed by atoms with Gasteiger partial charge in [0.25, 0.3) is 0 Å². The van der Waals surface area contributed by atoms with Crippen molar-refractivity contribution in [2.75, 3.05) is 18.0 Å². The van der Waals surface area contributed by atoms with Crippen molar-refractivity contribution in [3.8, 4) is 0 Å². The summed E-state index contributed by atoms with van der Waals surface area (Å²) in [6, 6.07) is 4.26. The Bertz CT molecular complexity index is 390. The SMILES string of the molecule is CCCN(CCC)c1cc(CCl)cc(C(C)(C)C)n1. The quantitative estimate of drug-likeness (QED) is 0.700. The minimum absolute atomic E-state index is 0.0565. The highest BCUT2D eigenvalue weighted by Crippen LogP contribution is 2.25. The number of hydrogen-bond acceptors (Lipinski definition) is 2. The molecule has 108 valence electrons. The lowest BCUT2D eigenvalue weighted by Gasteiger charge is -2.26. The molecule has 0 N–H and O–H groups in total. The Morgan fingerprint density at radius 1 is 1.11 bits per heavy atom. The summed E-state index contributed by atoms with van der Waals surface area (Å²) in [5, 5.41) is 0. The second-order valence-electron chi connectivity index (χ2n) is 6.09. The topological polar surface area (TPSA) is 16.1 Å². The van der Waals surface area contributed by atoms with Gasteiger partial charge in [-0.1, -0.05) is 34.6 Å². The average molecular weight is 283 g/mol. The van der Waals surface area contributed by atoms with Gasteiger partial charge in [-0.15, -0.1) is 11.6 Å². The largest absolute Gasteiger partial charge is 0.357 e. The van der Waals surface area contributed by atoms with Gasteiger partial charge in [-0.2, -0.15) is 0 Å². The number of nitrogens with zero attached hydrogens (tertiary/aromatic N) is 2. The van der Waals surface area contributed by atoms with Crippen molar-refractivity contribution < 1.29 is 0 Å². The van der Waals surface area contributed by atoms with E-state index in [9.17, 15) is 0 Å². The maximum absolute atomic E-state index is 6.03. The summed E-state index contributed by atoms with van der Waals surface area (Å²) in [6.07, 6.45) is 2.27. The van der Waals surface area contributed by atoms with Gasteiger partial charge in [0.1, 0.15) is 5.82 Å². The van der Waals surface area contributed by atoms with Crippen LogP contribution in [-0.2, 0) is 11.3 Å². The van der Waals surface area contributed by atoms with Crippen LogP contribution in [0.2, 0.25) is 0 Å². The fourth-order valence-corrected chi connectivity index (χ4v) is 2.23. The Hall–Kier alpha value is -0.760. The van der Waals surface area contributed by atoms with Gasteiger partial charge in [-0.25, -0.2) is 4.98 Å². The first-order chi connectivity index (χ1) is 8.92. The molecule has 0 aliphatic rings. The summed E-state index contributed by atoms with van der Waals surface area (Å²) < 4.78 is 0. The third kappa shape index (κ3) is 4.68. The molecule has 0 spiro atoms. The third-order valence-corrected chi connectivity index (χ3v) is 3.41. The average Bonchev–Trinajstić information content (AvgIpc) is 2.37. The monoisotopic (exact) mass is 282 g/mol. The molecule has 0 saturated carbocycles. The number of hydrogen-bond donors (Lipinski definition) is 0. The molecule has 1 aromatic heterocycles. The van der Waals surface area contributed by atoms with E-state index in [0.29, 0.717) is 5.88 Å². The zero-order valence-corrected chi connectivity index (χ0v) is 13.7. The van der Waals surface area contributed by atoms with Gasteiger partial charge in [0.05, 0.1) is 0 Å². The standard InChI is InChI=1S/C16H27ClN2/c1-6-8-19(9-7-2)15-11-13(12-17)10-14(18-15)16(3,4)5/h10-11H,6-9,12H2,1-5H3. The fraction of sp³-hybridized carbons (Fsp3) is 0.688. The lowest BCUT2D eigenvalue weighted by Crippen LogP contribution is -2.27. The number of aromatic nitrogens is 1. The van der Waals surface area contributed by atoms with Crippen LogP contribution >= 0.6 is 11.6 Å². The molecule has 2 nitrogen and oxygen atoms in total. The number of alkyl halides is 1. The molecule has 19 heavy (non-hydrogen) atoms. The first-order valence-corrected chi connectivity index (χ1v) is 7.78. The summed E-state index contributed by atoms with van der Waals surface area (Å²) in [7, 11) is 0. The van der Waals surface area contributed by atoms with E-state index < -0.39 is 0 Å². The summed E-state index contributed by atoms with van der Waals surface area (Å²) in [5.41, 5.74) is 2.34. The van der Waals surface area contributed by atoms with Crippen LogP contribution in [0.4, 0.5) is 5.82 Å². The van der Waals surface area contributed by atoms with Crippen LogP contribution in [0.25, 0.3) is 0 Å². The lowest BCUT2D eigenvalue weighted by molar-refractivity contribution is 0.566. The second-order valence-corrected chi connectivity index (χ2v) is 6.36. The van der Waals surface area contributed by atoms with Crippen molar-refractivity contribution in [1.82, 2.24) is 4.98 Å². The van der Waals surface area contributed by atoms with E-state index in [2.05, 4.69) is 51.7 Å². The predicted molar refractivity (Wildman–Crippen MR) is 85.3 cm³/mol. The Morgan fingerprint density at radius 2 is 1.68 bits per heavy atom. The zero-order valence-electron chi connectivity index (χ0n) is 13.0. The van der Waals surface area contributed by atoms with Crippen LogP contribution in [0.5, 0.6) is 0 Å². The molecular formula is C16H27ClN2. The third-order valence-electron chi connectivity index (χ3n) is 3.11. The van der Waals surface area contributed by atoms with Crippen molar-refractivity contribution in [3.05, 3.63) is 23.4 Å². The highest BCUT2D eigenvalue weighted by atomic mass is 35.5. The normalized spacial score (nSPS) is 11.7. The first kappa shape index (κ1) is 16.3. The van der Waals surface area contributed by atoms with Crippen molar-refractivity contribution in [2.45, 2.75) is 58.8 Å². The van der Waals surface area contributed by atoms with Crippen LogP contribution in [0, 0.1) is 0 Å². The molecule has 0 fully saturated rings. The molecule has 1 heterocycles. The molecule has 0 unspecified atom stereocenters. The van der Waals surface area contributed by atoms with E-state index in [1.54, 1.807) is 0 Å². The van der Waals surface area contributed by atoms with E-state index in [4.69, 9.17) is 16.6 Å². The molecule has 0 amide bonds. The maximum Gasteiger partial charge on any atom is 0.129 e. The lowest BCUT2D eigenvalue weighted by atomic mass is 9.91. The van der Waals surface area contributed by atoms with Gasteiger partial charge in [-0.3, -0.25) is 0 Å². The van der Waals surface area contributed by atoms with E-state index in [-0.39, 0.29) is 5.41 Å². The Morgan fingerprint density at radius 3 is 2.11 bits per heavy atom. The summed E-state index contributed by atoms with van der Waals surface area (Å²) in [4.78, 5) is 7.22. The Balaban J connectivity index is 3.17. The van der Waals surface area contributed by atoms with Gasteiger partial charge < -0.3 is 4.90 Å². The molecule has 1 aromatic rings. The fourth-order valence-electron chi connectivity index (χ4n) is 2.08. The summed E-state index contributed by atoms with van der Waals surface area (Å²) >= 11 is 6.03. The van der Waals surface area contributed by atoms with Crippen molar-refractivity contribution in [3.63, 3.8) is 0 Å². The maximum atomic E-state index is 6.03. The first-order valence-electron chi connectivity index (χ1n) is 7.24. The van der Waals surface area contributed by atoms with Crippen LogP contribution in [0.3, 0.4) is 0 Å². The van der Waals surface area contributed by atoms with Crippen LogP contribution in [0.1, 0.15) is 58.7 Å². The molecule has 0 aliphatic heterocycles. The molecule has 0 aromatic carbocycles. The predicted octanol–water partition coefficient (Wildman–Crippen LogP) is 4.74. The van der Waals surface area contributed by atoms with Gasteiger partial charge in [0, 0.05) is 30.1 Å². The van der Waals surface area contributed by atoms with Crippen molar-refractivity contribution in [2.24, 2.45) is 0 Å². The minimum atomic E-state index is 0.0565. The molecule has 1 rings (SSSR count). The number of halogens is 1. The van der Waals surface area contributed by atoms with Crippen LogP contribution in [-0.4, -0.2) is 18.1 Å². The van der Waals surface area contributed by atoms with Crippen molar-refractivity contribution in [1.29, 1.82) is 0 Å². The van der Waals surface area contributed by atoms with E-state index in [1.807, 2.05) is 0 Å². The number of pyridine rings is 1. The summed E-state index contributed by atoms with van der Waals surface area (Å²) in [6.45, 7) is 13.1. The highest BCUT2D eigenvalue weighted by molar-refractivity contribution is 6.17.